The summed E-state index contributed by atoms with van der Waals surface area (Å²) in [5.41, 5.74) is 0.834. The van der Waals surface area contributed by atoms with Gasteiger partial charge in [0.2, 0.25) is 0 Å². The molecule has 2 heterocycles. The third kappa shape index (κ3) is 3.25. The summed E-state index contributed by atoms with van der Waals surface area (Å²) in [6, 6.07) is 5.96. The van der Waals surface area contributed by atoms with Crippen LogP contribution in [0.2, 0.25) is 0 Å². The number of carbonyl (C=O) groups excluding carboxylic acids is 1. The minimum Gasteiger partial charge on any atom is -0.328 e. The summed E-state index contributed by atoms with van der Waals surface area (Å²) in [6.45, 7) is 4.63. The second-order valence-corrected chi connectivity index (χ2v) is 6.54. The van der Waals surface area contributed by atoms with Crippen molar-refractivity contribution in [3.63, 3.8) is 0 Å². The Morgan fingerprint density at radius 3 is 2.92 bits per heavy atom. The molecule has 128 valence electrons. The molecule has 1 aliphatic heterocycles. The molecule has 1 aliphatic rings. The van der Waals surface area contributed by atoms with E-state index in [4.69, 9.17) is 0 Å². The van der Waals surface area contributed by atoms with Crippen molar-refractivity contribution in [2.45, 2.75) is 32.4 Å². The number of likely N-dealkylation sites (tertiary alicyclic amines) is 1. The molecule has 0 aliphatic carbocycles. The van der Waals surface area contributed by atoms with Crippen LogP contribution >= 0.6 is 0 Å². The minimum atomic E-state index is -0.278. The molecule has 2 aromatic rings. The fourth-order valence-electron chi connectivity index (χ4n) is 3.32. The Morgan fingerprint density at radius 1 is 1.46 bits per heavy atom. The molecular weight excluding hydrogens is 309 g/mol. The number of rotatable bonds is 3. The van der Waals surface area contributed by atoms with E-state index in [1.807, 2.05) is 20.0 Å². The maximum Gasteiger partial charge on any atom is 0.318 e. The normalized spacial score (nSPS) is 21.8. The minimum absolute atomic E-state index is 0.109. The third-order valence-corrected chi connectivity index (χ3v) is 4.48. The lowest BCUT2D eigenvalue weighted by molar-refractivity contribution is 0.188. The average Bonchev–Trinajstić information content (AvgIpc) is 3.13. The summed E-state index contributed by atoms with van der Waals surface area (Å²) < 4.78 is 15.3. The zero-order valence-corrected chi connectivity index (χ0v) is 14.1. The summed E-state index contributed by atoms with van der Waals surface area (Å²) >= 11 is 0. The number of carbonyl (C=O) groups is 1. The van der Waals surface area contributed by atoms with Gasteiger partial charge in [0.15, 0.2) is 5.82 Å². The first-order chi connectivity index (χ1) is 11.5. The molecule has 0 spiro atoms. The molecule has 0 unspecified atom stereocenters. The monoisotopic (exact) mass is 331 g/mol. The van der Waals surface area contributed by atoms with Gasteiger partial charge in [-0.05, 0) is 37.0 Å². The smallest absolute Gasteiger partial charge is 0.318 e. The van der Waals surface area contributed by atoms with E-state index in [1.54, 1.807) is 21.9 Å². The molecule has 1 N–H and O–H groups in total. The largest absolute Gasteiger partial charge is 0.328 e. The van der Waals surface area contributed by atoms with Crippen LogP contribution in [0.1, 0.15) is 43.7 Å². The fraction of sp³-hybridized carbons (Fsp3) is 0.471. The van der Waals surface area contributed by atoms with Crippen molar-refractivity contribution in [2.75, 3.05) is 6.54 Å². The molecule has 1 fully saturated rings. The van der Waals surface area contributed by atoms with Crippen LogP contribution < -0.4 is 5.32 Å². The van der Waals surface area contributed by atoms with Crippen LogP contribution in [0.15, 0.2) is 30.6 Å². The Hall–Kier alpha value is -2.44. The number of hydrogen-bond donors (Lipinski definition) is 1. The number of nitrogens with one attached hydrogen (secondary N) is 1. The van der Waals surface area contributed by atoms with Crippen molar-refractivity contribution in [2.24, 2.45) is 13.0 Å². The Labute approximate surface area is 140 Å². The van der Waals surface area contributed by atoms with Crippen LogP contribution in [0.4, 0.5) is 9.18 Å². The number of urea groups is 1. The molecule has 0 saturated carbocycles. The van der Waals surface area contributed by atoms with Gasteiger partial charge in [-0.25, -0.2) is 9.18 Å². The van der Waals surface area contributed by atoms with Gasteiger partial charge in [-0.15, -0.1) is 10.2 Å². The van der Waals surface area contributed by atoms with Gasteiger partial charge in [0.05, 0.1) is 12.1 Å². The highest BCUT2D eigenvalue weighted by atomic mass is 19.1. The second kappa shape index (κ2) is 6.59. The van der Waals surface area contributed by atoms with Crippen LogP contribution in [0.25, 0.3) is 0 Å². The van der Waals surface area contributed by atoms with E-state index in [-0.39, 0.29) is 23.9 Å². The molecule has 24 heavy (non-hydrogen) atoms. The van der Waals surface area contributed by atoms with Crippen molar-refractivity contribution in [3.05, 3.63) is 47.8 Å². The number of hydrogen-bond acceptors (Lipinski definition) is 3. The van der Waals surface area contributed by atoms with Crippen LogP contribution in [0.3, 0.4) is 0 Å². The lowest BCUT2D eigenvalue weighted by Crippen LogP contribution is -2.41. The number of nitrogens with zero attached hydrogens (tertiary/aromatic N) is 4. The number of aryl methyl sites for hydroxylation is 1. The second-order valence-electron chi connectivity index (χ2n) is 6.54. The molecule has 0 radical (unpaired) electrons. The van der Waals surface area contributed by atoms with Crippen LogP contribution in [0.5, 0.6) is 0 Å². The van der Waals surface area contributed by atoms with Gasteiger partial charge in [0.1, 0.15) is 12.1 Å². The molecule has 7 heteroatoms. The van der Waals surface area contributed by atoms with Crippen molar-refractivity contribution in [1.29, 1.82) is 0 Å². The van der Waals surface area contributed by atoms with Gasteiger partial charge < -0.3 is 14.8 Å². The van der Waals surface area contributed by atoms with Crippen molar-refractivity contribution >= 4 is 6.03 Å². The first-order valence-corrected chi connectivity index (χ1v) is 8.12. The van der Waals surface area contributed by atoms with Crippen LogP contribution in [-0.2, 0) is 7.05 Å². The number of aromatic nitrogens is 3. The highest BCUT2D eigenvalue weighted by Gasteiger charge is 2.35. The van der Waals surface area contributed by atoms with Crippen LogP contribution in [0, 0.1) is 11.7 Å². The van der Waals surface area contributed by atoms with Gasteiger partial charge in [-0.1, -0.05) is 19.1 Å². The lowest BCUT2D eigenvalue weighted by Gasteiger charge is -2.27. The third-order valence-electron chi connectivity index (χ3n) is 4.48. The van der Waals surface area contributed by atoms with E-state index in [2.05, 4.69) is 22.4 Å². The maximum absolute atomic E-state index is 13.5. The molecule has 0 bridgehead atoms. The van der Waals surface area contributed by atoms with Gasteiger partial charge in [-0.2, -0.15) is 0 Å². The molecule has 1 saturated heterocycles. The Bertz CT molecular complexity index is 731. The Kier molecular flexibility index (Phi) is 4.51. The SMILES string of the molecule is C[C@@H]1C[C@@H](c2cccc(F)c2)N(C(=O)N[C@H](C)c2nncn2C)C1. The van der Waals surface area contributed by atoms with E-state index < -0.39 is 0 Å². The van der Waals surface area contributed by atoms with Crippen molar-refractivity contribution < 1.29 is 9.18 Å². The topological polar surface area (TPSA) is 63.1 Å². The zero-order chi connectivity index (χ0) is 17.3. The van der Waals surface area contributed by atoms with Crippen molar-refractivity contribution in [3.8, 4) is 0 Å². The van der Waals surface area contributed by atoms with Crippen LogP contribution in [-0.4, -0.2) is 32.2 Å². The fourth-order valence-corrected chi connectivity index (χ4v) is 3.32. The number of benzene rings is 1. The number of amides is 2. The Balaban J connectivity index is 1.76. The predicted molar refractivity (Wildman–Crippen MR) is 87.6 cm³/mol. The maximum atomic E-state index is 13.5. The zero-order valence-electron chi connectivity index (χ0n) is 14.1. The molecule has 3 rings (SSSR count). The van der Waals surface area contributed by atoms with E-state index in [1.165, 1.54) is 12.1 Å². The summed E-state index contributed by atoms with van der Waals surface area (Å²) in [5, 5.41) is 10.8. The van der Waals surface area contributed by atoms with E-state index >= 15 is 0 Å². The summed E-state index contributed by atoms with van der Waals surface area (Å²) in [6.07, 6.45) is 2.43. The lowest BCUT2D eigenvalue weighted by atomic mass is 10.0. The molecule has 6 nitrogen and oxygen atoms in total. The molecule has 3 atom stereocenters. The van der Waals surface area contributed by atoms with E-state index in [9.17, 15) is 9.18 Å². The van der Waals surface area contributed by atoms with Gasteiger partial charge >= 0.3 is 6.03 Å². The molecule has 2 amide bonds. The van der Waals surface area contributed by atoms with E-state index in [0.29, 0.717) is 18.3 Å². The van der Waals surface area contributed by atoms with E-state index in [0.717, 1.165) is 12.0 Å². The highest BCUT2D eigenvalue weighted by Crippen LogP contribution is 2.35. The van der Waals surface area contributed by atoms with Gasteiger partial charge in [-0.3, -0.25) is 0 Å². The predicted octanol–water partition coefficient (Wildman–Crippen LogP) is 2.81. The molecule has 1 aromatic heterocycles. The van der Waals surface area contributed by atoms with Gasteiger partial charge in [0.25, 0.3) is 0 Å². The van der Waals surface area contributed by atoms with Crippen molar-refractivity contribution in [1.82, 2.24) is 25.0 Å². The number of halogens is 1. The standard InChI is InChI=1S/C17H22FN5O/c1-11-7-15(13-5-4-6-14(18)8-13)23(9-11)17(24)20-12(2)16-21-19-10-22(16)3/h4-6,8,10-12,15H,7,9H2,1-3H3,(H,20,24)/t11-,12-,15+/m1/s1. The quantitative estimate of drug-likeness (QED) is 0.941. The summed E-state index contributed by atoms with van der Waals surface area (Å²) in [4.78, 5) is 14.5. The first-order valence-electron chi connectivity index (χ1n) is 8.12. The van der Waals surface area contributed by atoms with Gasteiger partial charge in [0, 0.05) is 13.6 Å². The summed E-state index contributed by atoms with van der Waals surface area (Å²) in [7, 11) is 1.84. The molecular formula is C17H22FN5O. The highest BCUT2D eigenvalue weighted by molar-refractivity contribution is 5.75. The summed E-state index contributed by atoms with van der Waals surface area (Å²) in [5.74, 6) is 0.784. The molecule has 1 aromatic carbocycles. The first kappa shape index (κ1) is 16.4. The average molecular weight is 331 g/mol. The Morgan fingerprint density at radius 2 is 2.25 bits per heavy atom.